The van der Waals surface area contributed by atoms with Gasteiger partial charge in [-0.05, 0) is 72.1 Å². The molecule has 0 bridgehead atoms. The number of anilines is 1. The molecule has 0 amide bonds. The standard InChI is InChI=1S/C29H34N4O3S/c1-21-19-24(22-5-9-25(10-6-22)33-15-13-32(14-16-33)17-18-36-3)20-27-28(21)30-29(31(27)2)23-7-11-26(12-8-23)37(4,34)35/h5-12,19-20H,13-18H2,1-4H3. The molecule has 0 N–H and O–H groups in total. The Morgan fingerprint density at radius 3 is 2.16 bits per heavy atom. The Morgan fingerprint density at radius 1 is 0.892 bits per heavy atom. The number of aryl methyl sites for hydroxylation is 2. The molecular weight excluding hydrogens is 484 g/mol. The molecule has 1 aromatic heterocycles. The third-order valence-corrected chi connectivity index (χ3v) is 8.40. The van der Waals surface area contributed by atoms with E-state index in [0.717, 1.165) is 72.9 Å². The quantitative estimate of drug-likeness (QED) is 0.362. The molecule has 2 heterocycles. The predicted molar refractivity (Wildman–Crippen MR) is 150 cm³/mol. The van der Waals surface area contributed by atoms with E-state index in [-0.39, 0.29) is 0 Å². The fraction of sp³-hybridized carbons (Fsp3) is 0.345. The zero-order chi connectivity index (χ0) is 26.2. The summed E-state index contributed by atoms with van der Waals surface area (Å²) in [5.41, 5.74) is 7.59. The summed E-state index contributed by atoms with van der Waals surface area (Å²) in [6.45, 7) is 8.03. The number of methoxy groups -OCH3 is 1. The van der Waals surface area contributed by atoms with Crippen LogP contribution in [0.3, 0.4) is 0 Å². The monoisotopic (exact) mass is 518 g/mol. The Balaban J connectivity index is 1.38. The third kappa shape index (κ3) is 5.28. The van der Waals surface area contributed by atoms with Crippen molar-refractivity contribution in [1.82, 2.24) is 14.5 Å². The van der Waals surface area contributed by atoms with E-state index >= 15 is 0 Å². The summed E-state index contributed by atoms with van der Waals surface area (Å²) in [4.78, 5) is 10.1. The van der Waals surface area contributed by atoms with Crippen LogP contribution in [0.5, 0.6) is 0 Å². The summed E-state index contributed by atoms with van der Waals surface area (Å²) in [5, 5.41) is 0. The van der Waals surface area contributed by atoms with Gasteiger partial charge in [0.15, 0.2) is 9.84 Å². The van der Waals surface area contributed by atoms with Gasteiger partial charge in [0.1, 0.15) is 5.82 Å². The molecule has 0 radical (unpaired) electrons. The SMILES string of the molecule is COCCN1CCN(c2ccc(-c3cc(C)c4nc(-c5ccc(S(C)(=O)=O)cc5)n(C)c4c3)cc2)CC1. The van der Waals surface area contributed by atoms with Crippen LogP contribution < -0.4 is 4.90 Å². The van der Waals surface area contributed by atoms with E-state index in [4.69, 9.17) is 9.72 Å². The van der Waals surface area contributed by atoms with Crippen molar-refractivity contribution >= 4 is 26.6 Å². The second kappa shape index (κ2) is 10.3. The number of nitrogens with zero attached hydrogens (tertiary/aromatic N) is 4. The maximum absolute atomic E-state index is 11.8. The summed E-state index contributed by atoms with van der Waals surface area (Å²) in [6.07, 6.45) is 1.22. The number of ether oxygens (including phenoxy) is 1. The first kappa shape index (κ1) is 25.4. The number of hydrogen-bond donors (Lipinski definition) is 0. The first-order chi connectivity index (χ1) is 17.7. The number of fused-ring (bicyclic) bond motifs is 1. The molecule has 0 atom stereocenters. The Kier molecular flexibility index (Phi) is 7.07. The molecule has 7 nitrogen and oxygen atoms in total. The van der Waals surface area contributed by atoms with Crippen LogP contribution in [0, 0.1) is 6.92 Å². The van der Waals surface area contributed by atoms with Crippen molar-refractivity contribution in [2.24, 2.45) is 7.05 Å². The Bertz CT molecular complexity index is 1500. The van der Waals surface area contributed by atoms with E-state index in [0.29, 0.717) is 4.90 Å². The maximum Gasteiger partial charge on any atom is 0.175 e. The van der Waals surface area contributed by atoms with Crippen molar-refractivity contribution in [3.63, 3.8) is 0 Å². The number of imidazole rings is 1. The van der Waals surface area contributed by atoms with Gasteiger partial charge in [-0.2, -0.15) is 0 Å². The van der Waals surface area contributed by atoms with Gasteiger partial charge < -0.3 is 14.2 Å². The average Bonchev–Trinajstić information content (AvgIpc) is 3.24. The Labute approximate surface area is 219 Å². The van der Waals surface area contributed by atoms with Gasteiger partial charge in [0.05, 0.1) is 22.5 Å². The van der Waals surface area contributed by atoms with Crippen molar-refractivity contribution < 1.29 is 13.2 Å². The fourth-order valence-electron chi connectivity index (χ4n) is 5.05. The summed E-state index contributed by atoms with van der Waals surface area (Å²) < 4.78 is 31.0. The molecule has 0 unspecified atom stereocenters. The highest BCUT2D eigenvalue weighted by atomic mass is 32.2. The largest absolute Gasteiger partial charge is 0.383 e. The zero-order valence-corrected chi connectivity index (χ0v) is 22.8. The average molecular weight is 519 g/mol. The molecule has 194 valence electrons. The minimum atomic E-state index is -3.23. The number of piperazine rings is 1. The van der Waals surface area contributed by atoms with Crippen molar-refractivity contribution in [3.8, 4) is 22.5 Å². The molecule has 1 saturated heterocycles. The minimum absolute atomic E-state index is 0.310. The third-order valence-electron chi connectivity index (χ3n) is 7.27. The van der Waals surface area contributed by atoms with Crippen LogP contribution in [0.2, 0.25) is 0 Å². The van der Waals surface area contributed by atoms with E-state index < -0.39 is 9.84 Å². The Hall–Kier alpha value is -3.20. The minimum Gasteiger partial charge on any atom is -0.383 e. The van der Waals surface area contributed by atoms with E-state index in [2.05, 4.69) is 57.7 Å². The lowest BCUT2D eigenvalue weighted by Crippen LogP contribution is -2.47. The molecule has 1 aliphatic heterocycles. The van der Waals surface area contributed by atoms with Gasteiger partial charge in [-0.1, -0.05) is 12.1 Å². The molecule has 0 saturated carbocycles. The summed E-state index contributed by atoms with van der Waals surface area (Å²) in [7, 11) is 0.530. The lowest BCUT2D eigenvalue weighted by atomic mass is 10.0. The number of aromatic nitrogens is 2. The van der Waals surface area contributed by atoms with E-state index in [9.17, 15) is 8.42 Å². The summed E-state index contributed by atoms with van der Waals surface area (Å²) in [6, 6.07) is 20.2. The lowest BCUT2D eigenvalue weighted by molar-refractivity contribution is 0.144. The molecule has 1 aliphatic rings. The number of rotatable bonds is 7. The smallest absolute Gasteiger partial charge is 0.175 e. The number of sulfone groups is 1. The van der Waals surface area contributed by atoms with Gasteiger partial charge >= 0.3 is 0 Å². The first-order valence-electron chi connectivity index (χ1n) is 12.6. The second-order valence-electron chi connectivity index (χ2n) is 9.82. The predicted octanol–water partition coefficient (Wildman–Crippen LogP) is 4.39. The maximum atomic E-state index is 11.8. The van der Waals surface area contributed by atoms with Crippen LogP contribution in [-0.4, -0.2) is 75.6 Å². The Morgan fingerprint density at radius 2 is 1.54 bits per heavy atom. The first-order valence-corrected chi connectivity index (χ1v) is 14.5. The summed E-state index contributed by atoms with van der Waals surface area (Å²) in [5.74, 6) is 0.815. The van der Waals surface area contributed by atoms with Crippen LogP contribution in [0.1, 0.15) is 5.56 Å². The van der Waals surface area contributed by atoms with Gasteiger partial charge in [0.2, 0.25) is 0 Å². The highest BCUT2D eigenvalue weighted by Crippen LogP contribution is 2.32. The molecule has 0 spiro atoms. The second-order valence-corrected chi connectivity index (χ2v) is 11.8. The van der Waals surface area contributed by atoms with Crippen molar-refractivity contribution in [2.75, 3.05) is 57.6 Å². The molecule has 0 aliphatic carbocycles. The fourth-order valence-corrected chi connectivity index (χ4v) is 5.68. The normalized spacial score (nSPS) is 15.0. The van der Waals surface area contributed by atoms with Crippen LogP contribution in [0.15, 0.2) is 65.6 Å². The molecule has 3 aromatic carbocycles. The molecule has 8 heteroatoms. The van der Waals surface area contributed by atoms with Crippen molar-refractivity contribution in [3.05, 3.63) is 66.2 Å². The molecule has 37 heavy (non-hydrogen) atoms. The van der Waals surface area contributed by atoms with Gasteiger partial charge in [0.25, 0.3) is 0 Å². The van der Waals surface area contributed by atoms with Crippen molar-refractivity contribution in [2.45, 2.75) is 11.8 Å². The number of benzene rings is 3. The lowest BCUT2D eigenvalue weighted by Gasteiger charge is -2.36. The highest BCUT2D eigenvalue weighted by Gasteiger charge is 2.18. The molecular formula is C29H34N4O3S. The molecule has 5 rings (SSSR count). The van der Waals surface area contributed by atoms with E-state index in [1.165, 1.54) is 17.5 Å². The zero-order valence-electron chi connectivity index (χ0n) is 21.9. The topological polar surface area (TPSA) is 67.7 Å². The van der Waals surface area contributed by atoms with Crippen LogP contribution >= 0.6 is 0 Å². The molecule has 1 fully saturated rings. The van der Waals surface area contributed by atoms with Crippen LogP contribution in [-0.2, 0) is 21.6 Å². The van der Waals surface area contributed by atoms with Gasteiger partial charge in [-0.3, -0.25) is 4.90 Å². The van der Waals surface area contributed by atoms with Gasteiger partial charge in [0, 0.05) is 64.4 Å². The van der Waals surface area contributed by atoms with Crippen LogP contribution in [0.25, 0.3) is 33.5 Å². The highest BCUT2D eigenvalue weighted by molar-refractivity contribution is 7.90. The number of hydrogen-bond acceptors (Lipinski definition) is 6. The van der Waals surface area contributed by atoms with Gasteiger partial charge in [-0.25, -0.2) is 13.4 Å². The van der Waals surface area contributed by atoms with Gasteiger partial charge in [-0.15, -0.1) is 0 Å². The van der Waals surface area contributed by atoms with E-state index in [1.807, 2.05) is 19.2 Å². The molecule has 4 aromatic rings. The summed E-state index contributed by atoms with van der Waals surface area (Å²) >= 11 is 0. The van der Waals surface area contributed by atoms with Crippen LogP contribution in [0.4, 0.5) is 5.69 Å². The van der Waals surface area contributed by atoms with E-state index in [1.54, 1.807) is 19.2 Å². The van der Waals surface area contributed by atoms with Crippen molar-refractivity contribution in [1.29, 1.82) is 0 Å².